The third-order valence-electron chi connectivity index (χ3n) is 7.04. The van der Waals surface area contributed by atoms with Crippen LogP contribution in [0.4, 0.5) is 4.39 Å². The van der Waals surface area contributed by atoms with Gasteiger partial charge in [0.1, 0.15) is 5.82 Å². The number of rotatable bonds is 14. The number of aryl methyl sites for hydroxylation is 1. The first-order valence-electron chi connectivity index (χ1n) is 14.0. The molecule has 0 N–H and O–H groups in total. The molecule has 1 heterocycles. The predicted molar refractivity (Wildman–Crippen MR) is 157 cm³/mol. The number of aromatic nitrogens is 1. The Morgan fingerprint density at radius 1 is 0.725 bits per heavy atom. The fourth-order valence-electron chi connectivity index (χ4n) is 4.72. The Bertz CT molecular complexity index is 1340. The van der Waals surface area contributed by atoms with E-state index in [1.54, 1.807) is 17.0 Å². The van der Waals surface area contributed by atoms with E-state index in [0.29, 0.717) is 39.0 Å². The highest BCUT2D eigenvalue weighted by Crippen LogP contribution is 2.15. The molecule has 0 spiro atoms. The van der Waals surface area contributed by atoms with Crippen LogP contribution in [0.3, 0.4) is 0 Å². The molecule has 0 aliphatic rings. The van der Waals surface area contributed by atoms with Gasteiger partial charge in [-0.15, -0.1) is 0 Å². The van der Waals surface area contributed by atoms with Gasteiger partial charge in [0.15, 0.2) is 0 Å². The number of carbonyl (C=O) groups excluding carboxylic acids is 2. The number of hydrogen-bond donors (Lipinski definition) is 0. The van der Waals surface area contributed by atoms with Crippen molar-refractivity contribution < 1.29 is 14.0 Å². The fourth-order valence-corrected chi connectivity index (χ4v) is 4.72. The van der Waals surface area contributed by atoms with Gasteiger partial charge in [-0.1, -0.05) is 86.1 Å². The van der Waals surface area contributed by atoms with Gasteiger partial charge in [0.2, 0.25) is 11.8 Å². The summed E-state index contributed by atoms with van der Waals surface area (Å²) >= 11 is 0. The van der Waals surface area contributed by atoms with Crippen molar-refractivity contribution in [2.45, 2.75) is 52.2 Å². The van der Waals surface area contributed by atoms with E-state index in [1.165, 1.54) is 12.1 Å². The van der Waals surface area contributed by atoms with E-state index in [1.807, 2.05) is 83.9 Å². The summed E-state index contributed by atoms with van der Waals surface area (Å²) in [6, 6.07) is 30.3. The number of benzene rings is 3. The van der Waals surface area contributed by atoms with Crippen LogP contribution in [0, 0.1) is 5.82 Å². The minimum atomic E-state index is -0.262. The Morgan fingerprint density at radius 3 is 2.08 bits per heavy atom. The number of carbonyl (C=O) groups is 2. The molecule has 3 aromatic carbocycles. The van der Waals surface area contributed by atoms with Crippen molar-refractivity contribution in [3.05, 3.63) is 131 Å². The smallest absolute Gasteiger partial charge is 0.242 e. The van der Waals surface area contributed by atoms with Gasteiger partial charge in [-0.05, 0) is 53.8 Å². The van der Waals surface area contributed by atoms with Crippen molar-refractivity contribution in [3.8, 4) is 0 Å². The molecule has 208 valence electrons. The molecular weight excluding hydrogens is 501 g/mol. The molecule has 5 nitrogen and oxygen atoms in total. The van der Waals surface area contributed by atoms with Crippen molar-refractivity contribution >= 4 is 11.8 Å². The van der Waals surface area contributed by atoms with Crippen molar-refractivity contribution in [1.82, 2.24) is 14.4 Å². The van der Waals surface area contributed by atoms with Crippen LogP contribution in [0.5, 0.6) is 0 Å². The van der Waals surface area contributed by atoms with Crippen LogP contribution >= 0.6 is 0 Å². The Hall–Kier alpha value is -4.19. The molecule has 1 aromatic heterocycles. The predicted octanol–water partition coefficient (Wildman–Crippen LogP) is 6.47. The molecule has 40 heavy (non-hydrogen) atoms. The lowest BCUT2D eigenvalue weighted by Crippen LogP contribution is -2.43. The Labute approximate surface area is 236 Å². The average Bonchev–Trinajstić information content (AvgIpc) is 3.42. The molecule has 2 amide bonds. The standard InChI is InChI=1S/C34H38FN3O2/c1-2-3-22-37(33(39)21-18-28-11-6-4-7-12-28)27-34(40)38(25-29-13-8-5-9-14-29)26-32-15-10-23-36(32)24-30-16-19-31(35)20-17-30/h4-17,19-20,23H,2-3,18,21-22,24-27H2,1H3. The molecule has 0 aliphatic carbocycles. The second-order valence-corrected chi connectivity index (χ2v) is 10.1. The van der Waals surface area contributed by atoms with E-state index >= 15 is 0 Å². The molecule has 0 aliphatic heterocycles. The van der Waals surface area contributed by atoms with Gasteiger partial charge in [-0.3, -0.25) is 9.59 Å². The molecule has 0 saturated carbocycles. The highest BCUT2D eigenvalue weighted by molar-refractivity contribution is 5.85. The largest absolute Gasteiger partial charge is 0.345 e. The Morgan fingerprint density at radius 2 is 1.40 bits per heavy atom. The SMILES string of the molecule is CCCCN(CC(=O)N(Cc1ccccc1)Cc1cccn1Cc1ccc(F)cc1)C(=O)CCc1ccccc1. The van der Waals surface area contributed by atoms with Crippen LogP contribution < -0.4 is 0 Å². The van der Waals surface area contributed by atoms with Crippen molar-refractivity contribution in [1.29, 1.82) is 0 Å². The summed E-state index contributed by atoms with van der Waals surface area (Å²) in [5.41, 5.74) is 4.10. The molecule has 0 atom stereocenters. The van der Waals surface area contributed by atoms with Crippen LogP contribution in [0.25, 0.3) is 0 Å². The first kappa shape index (κ1) is 28.8. The van der Waals surface area contributed by atoms with Gasteiger partial charge in [0.25, 0.3) is 0 Å². The van der Waals surface area contributed by atoms with Crippen LogP contribution in [0.2, 0.25) is 0 Å². The van der Waals surface area contributed by atoms with Crippen molar-refractivity contribution in [2.24, 2.45) is 0 Å². The van der Waals surface area contributed by atoms with E-state index in [-0.39, 0.29) is 24.2 Å². The molecule has 0 unspecified atom stereocenters. The second-order valence-electron chi connectivity index (χ2n) is 10.1. The zero-order chi connectivity index (χ0) is 28.2. The first-order valence-corrected chi connectivity index (χ1v) is 14.0. The monoisotopic (exact) mass is 539 g/mol. The highest BCUT2D eigenvalue weighted by Gasteiger charge is 2.22. The van der Waals surface area contributed by atoms with Gasteiger partial charge in [-0.2, -0.15) is 0 Å². The molecule has 6 heteroatoms. The summed E-state index contributed by atoms with van der Waals surface area (Å²) in [6.07, 6.45) is 4.80. The normalized spacial score (nSPS) is 10.8. The zero-order valence-electron chi connectivity index (χ0n) is 23.2. The van der Waals surface area contributed by atoms with E-state index in [4.69, 9.17) is 0 Å². The summed E-state index contributed by atoms with van der Waals surface area (Å²) in [5.74, 6) is -0.338. The van der Waals surface area contributed by atoms with Crippen molar-refractivity contribution in [3.63, 3.8) is 0 Å². The minimum absolute atomic E-state index is 0.00463. The van der Waals surface area contributed by atoms with E-state index in [0.717, 1.165) is 35.2 Å². The van der Waals surface area contributed by atoms with Crippen LogP contribution in [-0.2, 0) is 35.6 Å². The molecule has 0 fully saturated rings. The van der Waals surface area contributed by atoms with E-state index < -0.39 is 0 Å². The summed E-state index contributed by atoms with van der Waals surface area (Å²) in [7, 11) is 0. The van der Waals surface area contributed by atoms with Gasteiger partial charge in [-0.25, -0.2) is 4.39 Å². The lowest BCUT2D eigenvalue weighted by Gasteiger charge is -2.28. The number of nitrogens with zero attached hydrogens (tertiary/aromatic N) is 3. The maximum absolute atomic E-state index is 13.8. The molecule has 0 radical (unpaired) electrons. The maximum atomic E-state index is 13.8. The number of unbranched alkanes of at least 4 members (excludes halogenated alkanes) is 1. The van der Waals surface area contributed by atoms with Gasteiger partial charge in [0, 0.05) is 37.9 Å². The maximum Gasteiger partial charge on any atom is 0.242 e. The number of amides is 2. The number of hydrogen-bond acceptors (Lipinski definition) is 2. The van der Waals surface area contributed by atoms with Crippen molar-refractivity contribution in [2.75, 3.05) is 13.1 Å². The summed E-state index contributed by atoms with van der Waals surface area (Å²) in [6.45, 7) is 4.14. The van der Waals surface area contributed by atoms with Gasteiger partial charge >= 0.3 is 0 Å². The van der Waals surface area contributed by atoms with E-state index in [9.17, 15) is 14.0 Å². The summed E-state index contributed by atoms with van der Waals surface area (Å²) in [4.78, 5) is 30.6. The molecule has 0 saturated heterocycles. The minimum Gasteiger partial charge on any atom is -0.345 e. The topological polar surface area (TPSA) is 45.6 Å². The quantitative estimate of drug-likeness (QED) is 0.184. The molecule has 4 aromatic rings. The van der Waals surface area contributed by atoms with E-state index in [2.05, 4.69) is 11.5 Å². The van der Waals surface area contributed by atoms with Crippen LogP contribution in [0.15, 0.2) is 103 Å². The third kappa shape index (κ3) is 8.67. The molecular formula is C34H38FN3O2. The lowest BCUT2D eigenvalue weighted by atomic mass is 10.1. The summed E-state index contributed by atoms with van der Waals surface area (Å²) < 4.78 is 15.5. The molecule has 4 rings (SSSR count). The molecule has 0 bridgehead atoms. The Kier molecular flexibility index (Phi) is 10.7. The summed E-state index contributed by atoms with van der Waals surface area (Å²) in [5, 5.41) is 0. The first-order chi connectivity index (χ1) is 19.5. The highest BCUT2D eigenvalue weighted by atomic mass is 19.1. The van der Waals surface area contributed by atoms with Crippen LogP contribution in [0.1, 0.15) is 48.6 Å². The average molecular weight is 540 g/mol. The fraction of sp³-hybridized carbons (Fsp3) is 0.294. The second kappa shape index (κ2) is 14.8. The number of halogens is 1. The van der Waals surface area contributed by atoms with Gasteiger partial charge < -0.3 is 14.4 Å². The lowest BCUT2D eigenvalue weighted by molar-refractivity contribution is -0.141. The Balaban J connectivity index is 1.49. The third-order valence-corrected chi connectivity index (χ3v) is 7.04. The van der Waals surface area contributed by atoms with Gasteiger partial charge in [0.05, 0.1) is 13.1 Å². The zero-order valence-corrected chi connectivity index (χ0v) is 23.2. The van der Waals surface area contributed by atoms with Crippen LogP contribution in [-0.4, -0.2) is 39.3 Å².